The van der Waals surface area contributed by atoms with Crippen molar-refractivity contribution >= 4 is 29.0 Å². The van der Waals surface area contributed by atoms with Crippen molar-refractivity contribution in [1.29, 1.82) is 0 Å². The van der Waals surface area contributed by atoms with Crippen molar-refractivity contribution in [1.82, 2.24) is 10.3 Å². The summed E-state index contributed by atoms with van der Waals surface area (Å²) < 4.78 is 0. The van der Waals surface area contributed by atoms with Crippen molar-refractivity contribution in [2.75, 3.05) is 18.0 Å². The lowest BCUT2D eigenvalue weighted by atomic mass is 10.2. The summed E-state index contributed by atoms with van der Waals surface area (Å²) in [5, 5.41) is 4.97. The van der Waals surface area contributed by atoms with Crippen molar-refractivity contribution in [2.45, 2.75) is 25.9 Å². The Labute approximate surface area is 141 Å². The van der Waals surface area contributed by atoms with Gasteiger partial charge >= 0.3 is 0 Å². The molecule has 3 rings (SSSR count). The fourth-order valence-corrected chi connectivity index (χ4v) is 3.22. The molecule has 1 atom stereocenters. The van der Waals surface area contributed by atoms with Crippen LogP contribution in [0.4, 0.5) is 5.82 Å². The summed E-state index contributed by atoms with van der Waals surface area (Å²) in [5.41, 5.74) is 2.33. The van der Waals surface area contributed by atoms with E-state index in [1.807, 2.05) is 24.4 Å². The van der Waals surface area contributed by atoms with E-state index in [2.05, 4.69) is 28.2 Å². The average molecular weight is 336 g/mol. The fraction of sp³-hybridized carbons (Fsp3) is 0.353. The van der Waals surface area contributed by atoms with Gasteiger partial charge in [-0.3, -0.25) is 0 Å². The van der Waals surface area contributed by atoms with Crippen molar-refractivity contribution in [3.05, 3.63) is 57.7 Å². The topological polar surface area (TPSA) is 28.2 Å². The minimum atomic E-state index is 0.453. The number of aromatic nitrogens is 1. The molecule has 0 amide bonds. The first kappa shape index (κ1) is 15.6. The molecule has 0 radical (unpaired) electrons. The molecule has 0 bridgehead atoms. The Morgan fingerprint density at radius 2 is 2.14 bits per heavy atom. The Morgan fingerprint density at radius 3 is 2.91 bits per heavy atom. The van der Waals surface area contributed by atoms with Gasteiger partial charge in [-0.15, -0.1) is 0 Å². The van der Waals surface area contributed by atoms with Crippen LogP contribution in [0, 0.1) is 6.92 Å². The molecule has 1 aliphatic rings. The second-order valence-electron chi connectivity index (χ2n) is 5.74. The zero-order chi connectivity index (χ0) is 15.5. The predicted octanol–water partition coefficient (Wildman–Crippen LogP) is 4.07. The molecule has 1 aliphatic heterocycles. The maximum Gasteiger partial charge on any atom is 0.128 e. The Kier molecular flexibility index (Phi) is 4.87. The summed E-state index contributed by atoms with van der Waals surface area (Å²) in [7, 11) is 0. The van der Waals surface area contributed by atoms with E-state index in [0.717, 1.165) is 42.5 Å². The van der Waals surface area contributed by atoms with E-state index in [1.165, 1.54) is 5.56 Å². The van der Waals surface area contributed by atoms with Crippen molar-refractivity contribution < 1.29 is 0 Å². The van der Waals surface area contributed by atoms with Crippen LogP contribution in [-0.2, 0) is 6.54 Å². The number of hydrogen-bond donors (Lipinski definition) is 1. The third-order valence-electron chi connectivity index (χ3n) is 4.01. The Bertz CT molecular complexity index is 660. The van der Waals surface area contributed by atoms with Gasteiger partial charge in [0.05, 0.1) is 0 Å². The lowest BCUT2D eigenvalue weighted by Gasteiger charge is -2.18. The normalized spacial score (nSPS) is 18.0. The summed E-state index contributed by atoms with van der Waals surface area (Å²) in [4.78, 5) is 6.79. The van der Waals surface area contributed by atoms with E-state index in [-0.39, 0.29) is 0 Å². The van der Waals surface area contributed by atoms with Gasteiger partial charge in [0, 0.05) is 41.9 Å². The van der Waals surface area contributed by atoms with Crippen LogP contribution in [0.2, 0.25) is 10.0 Å². The number of pyridine rings is 1. The van der Waals surface area contributed by atoms with E-state index in [0.29, 0.717) is 11.1 Å². The smallest absolute Gasteiger partial charge is 0.128 e. The largest absolute Gasteiger partial charge is 0.355 e. The zero-order valence-electron chi connectivity index (χ0n) is 12.5. The van der Waals surface area contributed by atoms with E-state index in [9.17, 15) is 0 Å². The number of benzene rings is 1. The second kappa shape index (κ2) is 6.86. The molecule has 22 heavy (non-hydrogen) atoms. The van der Waals surface area contributed by atoms with E-state index in [1.54, 1.807) is 6.07 Å². The van der Waals surface area contributed by atoms with Crippen molar-refractivity contribution in [3.63, 3.8) is 0 Å². The molecule has 1 aromatic carbocycles. The van der Waals surface area contributed by atoms with Gasteiger partial charge in [0.1, 0.15) is 5.82 Å². The molecule has 1 saturated heterocycles. The second-order valence-corrected chi connectivity index (χ2v) is 6.58. The number of nitrogens with one attached hydrogen (secondary N) is 1. The minimum Gasteiger partial charge on any atom is -0.355 e. The first-order valence-electron chi connectivity index (χ1n) is 7.47. The molecule has 3 nitrogen and oxygen atoms in total. The molecule has 2 aromatic rings. The first-order chi connectivity index (χ1) is 10.6. The molecule has 116 valence electrons. The lowest BCUT2D eigenvalue weighted by Crippen LogP contribution is -2.32. The molecule has 0 saturated carbocycles. The highest BCUT2D eigenvalue weighted by Gasteiger charge is 2.23. The molecule has 1 aromatic heterocycles. The number of nitrogens with zero attached hydrogens (tertiary/aromatic N) is 2. The maximum atomic E-state index is 6.21. The highest BCUT2D eigenvalue weighted by atomic mass is 35.5. The van der Waals surface area contributed by atoms with Gasteiger partial charge < -0.3 is 10.2 Å². The lowest BCUT2D eigenvalue weighted by molar-refractivity contribution is 0.551. The maximum absolute atomic E-state index is 6.21. The summed E-state index contributed by atoms with van der Waals surface area (Å²) in [6.45, 7) is 4.86. The molecule has 0 aliphatic carbocycles. The Hall–Kier alpha value is -1.29. The van der Waals surface area contributed by atoms with Crippen LogP contribution in [0.3, 0.4) is 0 Å². The summed E-state index contributed by atoms with van der Waals surface area (Å²) in [6.07, 6.45) is 2.99. The van der Waals surface area contributed by atoms with Crippen LogP contribution in [0.15, 0.2) is 36.5 Å². The van der Waals surface area contributed by atoms with Crippen molar-refractivity contribution in [2.24, 2.45) is 0 Å². The van der Waals surface area contributed by atoms with E-state index in [4.69, 9.17) is 23.2 Å². The van der Waals surface area contributed by atoms with Crippen LogP contribution in [0.5, 0.6) is 0 Å². The van der Waals surface area contributed by atoms with Gasteiger partial charge in [-0.1, -0.05) is 29.3 Å². The van der Waals surface area contributed by atoms with Gasteiger partial charge in [-0.2, -0.15) is 0 Å². The molecular weight excluding hydrogens is 317 g/mol. The molecule has 0 spiro atoms. The average Bonchev–Trinajstić information content (AvgIpc) is 2.95. The molecule has 1 fully saturated rings. The van der Waals surface area contributed by atoms with Crippen LogP contribution < -0.4 is 10.2 Å². The number of hydrogen-bond acceptors (Lipinski definition) is 3. The summed E-state index contributed by atoms with van der Waals surface area (Å²) in [6, 6.07) is 10.3. The molecular formula is C17H19Cl2N3. The number of rotatable bonds is 4. The van der Waals surface area contributed by atoms with Gasteiger partial charge in [0.2, 0.25) is 0 Å². The summed E-state index contributed by atoms with van der Waals surface area (Å²) in [5.74, 6) is 1.06. The summed E-state index contributed by atoms with van der Waals surface area (Å²) >= 11 is 12.1. The molecule has 5 heteroatoms. The van der Waals surface area contributed by atoms with Crippen molar-refractivity contribution in [3.8, 4) is 0 Å². The van der Waals surface area contributed by atoms with Gasteiger partial charge in [0.15, 0.2) is 0 Å². The van der Waals surface area contributed by atoms with Crippen LogP contribution in [0.25, 0.3) is 0 Å². The highest BCUT2D eigenvalue weighted by Crippen LogP contribution is 2.22. The highest BCUT2D eigenvalue weighted by molar-refractivity contribution is 6.35. The first-order valence-corrected chi connectivity index (χ1v) is 8.22. The molecule has 1 N–H and O–H groups in total. The van der Waals surface area contributed by atoms with Crippen LogP contribution in [0.1, 0.15) is 17.5 Å². The number of halogens is 2. The number of anilines is 1. The van der Waals surface area contributed by atoms with Gasteiger partial charge in [-0.25, -0.2) is 4.98 Å². The molecule has 2 heterocycles. The van der Waals surface area contributed by atoms with Crippen LogP contribution in [-0.4, -0.2) is 24.1 Å². The zero-order valence-corrected chi connectivity index (χ0v) is 14.0. The quantitative estimate of drug-likeness (QED) is 0.912. The monoisotopic (exact) mass is 335 g/mol. The minimum absolute atomic E-state index is 0.453. The Balaban J connectivity index is 1.57. The van der Waals surface area contributed by atoms with Gasteiger partial charge in [-0.05, 0) is 48.7 Å². The Morgan fingerprint density at radius 1 is 1.27 bits per heavy atom. The number of aryl methyl sites for hydroxylation is 1. The fourth-order valence-electron chi connectivity index (χ4n) is 2.75. The third-order valence-corrected chi connectivity index (χ3v) is 4.60. The third kappa shape index (κ3) is 3.72. The standard InChI is InChI=1S/C17H19Cl2N3/c1-12-4-6-20-17(8-12)22-7-5-15(11-22)21-10-13-2-3-14(18)9-16(13)19/h2-4,6,8-9,15,21H,5,7,10-11H2,1H3/t15-/m0/s1. The van der Waals surface area contributed by atoms with Crippen LogP contribution >= 0.6 is 23.2 Å². The molecule has 0 unspecified atom stereocenters. The van der Waals surface area contributed by atoms with Gasteiger partial charge in [0.25, 0.3) is 0 Å². The predicted molar refractivity (Wildman–Crippen MR) is 92.9 cm³/mol. The SMILES string of the molecule is Cc1ccnc(N2CC[C@H](NCc3ccc(Cl)cc3Cl)C2)c1. The van der Waals surface area contributed by atoms with E-state index >= 15 is 0 Å². The van der Waals surface area contributed by atoms with E-state index < -0.39 is 0 Å².